The van der Waals surface area contributed by atoms with Gasteiger partial charge in [0, 0.05) is 67.0 Å². The molecule has 0 bridgehead atoms. The summed E-state index contributed by atoms with van der Waals surface area (Å²) in [5.41, 5.74) is 3.72. The number of aromatic amines is 1. The predicted molar refractivity (Wildman–Crippen MR) is 159 cm³/mol. The molecule has 1 atom stereocenters. The molecule has 0 spiro atoms. The summed E-state index contributed by atoms with van der Waals surface area (Å²) in [6.45, 7) is 6.59. The number of ether oxygens (including phenoxy) is 2. The van der Waals surface area contributed by atoms with Gasteiger partial charge in [-0.2, -0.15) is 15.1 Å². The number of alkyl halides is 2. The number of likely N-dealkylation sites (N-methyl/N-ethyl adjacent to an activating group) is 1. The number of anilines is 1. The summed E-state index contributed by atoms with van der Waals surface area (Å²) in [6.07, 6.45) is 2.54. The number of piperazine rings is 1. The van der Waals surface area contributed by atoms with E-state index in [1.165, 1.54) is 0 Å². The van der Waals surface area contributed by atoms with Crippen molar-refractivity contribution in [2.24, 2.45) is 0 Å². The lowest BCUT2D eigenvalue weighted by Crippen LogP contribution is -2.44. The second-order valence-corrected chi connectivity index (χ2v) is 12.1. The molecule has 42 heavy (non-hydrogen) atoms. The predicted octanol–water partition coefficient (Wildman–Crippen LogP) is 5.19. The Hall–Kier alpha value is -3.28. The molecule has 1 unspecified atom stereocenters. The Kier molecular flexibility index (Phi) is 7.06. The molecule has 2 N–H and O–H groups in total. The number of rotatable bonds is 7. The minimum atomic E-state index is -2.75. The number of likely N-dealkylation sites (tertiary alicyclic amines) is 1. The second kappa shape index (κ2) is 10.8. The van der Waals surface area contributed by atoms with Crippen LogP contribution < -0.4 is 19.7 Å². The average molecular weight is 598 g/mol. The van der Waals surface area contributed by atoms with E-state index in [-0.39, 0.29) is 24.9 Å². The Morgan fingerprint density at radius 3 is 2.64 bits per heavy atom. The lowest BCUT2D eigenvalue weighted by molar-refractivity contribution is -0.134. The van der Waals surface area contributed by atoms with Crippen molar-refractivity contribution in [3.8, 4) is 22.9 Å². The van der Waals surface area contributed by atoms with E-state index in [1.54, 1.807) is 6.20 Å². The maximum absolute atomic E-state index is 14.0. The molecule has 3 aliphatic rings. The molecule has 2 aromatic carbocycles. The van der Waals surface area contributed by atoms with Crippen molar-refractivity contribution in [1.82, 2.24) is 30.4 Å². The third-order valence-electron chi connectivity index (χ3n) is 8.77. The maximum atomic E-state index is 14.0. The summed E-state index contributed by atoms with van der Waals surface area (Å²) in [5, 5.41) is 12.6. The largest absolute Gasteiger partial charge is 0.487 e. The highest BCUT2D eigenvalue weighted by molar-refractivity contribution is 6.35. The first-order valence-electron chi connectivity index (χ1n) is 14.6. The highest BCUT2D eigenvalue weighted by atomic mass is 35.5. The van der Waals surface area contributed by atoms with Crippen LogP contribution in [0.25, 0.3) is 32.9 Å². The molecule has 0 radical (unpaired) electrons. The molecule has 2 aliphatic heterocycles. The fraction of sp³-hybridized carbons (Fsp3) is 0.500. The van der Waals surface area contributed by atoms with E-state index in [0.717, 1.165) is 67.6 Å². The quantitative estimate of drug-likeness (QED) is 0.301. The van der Waals surface area contributed by atoms with Gasteiger partial charge in [0.25, 0.3) is 5.92 Å². The van der Waals surface area contributed by atoms with Gasteiger partial charge >= 0.3 is 6.01 Å². The number of halogens is 3. The lowest BCUT2D eigenvalue weighted by Gasteiger charge is -2.36. The zero-order chi connectivity index (χ0) is 29.0. The molecule has 1 aliphatic carbocycles. The van der Waals surface area contributed by atoms with E-state index in [0.29, 0.717) is 39.7 Å². The first-order valence-corrected chi connectivity index (χ1v) is 15.0. The van der Waals surface area contributed by atoms with Gasteiger partial charge in [-0.15, -0.1) is 0 Å². The smallest absolute Gasteiger partial charge is 0.319 e. The number of benzene rings is 2. The zero-order valence-electron chi connectivity index (χ0n) is 23.7. The van der Waals surface area contributed by atoms with Crippen molar-refractivity contribution < 1.29 is 18.3 Å². The summed E-state index contributed by atoms with van der Waals surface area (Å²) in [5.74, 6) is -1.68. The number of fused-ring (bicyclic) bond motifs is 2. The molecule has 4 aromatic rings. The van der Waals surface area contributed by atoms with Crippen LogP contribution in [0.5, 0.6) is 11.8 Å². The highest BCUT2D eigenvalue weighted by Crippen LogP contribution is 2.49. The number of H-pyrrole nitrogens is 1. The second-order valence-electron chi connectivity index (χ2n) is 11.7. The van der Waals surface area contributed by atoms with Crippen LogP contribution in [0, 0.1) is 6.92 Å². The van der Waals surface area contributed by atoms with Gasteiger partial charge in [-0.25, -0.2) is 8.78 Å². The van der Waals surface area contributed by atoms with E-state index in [9.17, 15) is 8.78 Å². The fourth-order valence-corrected chi connectivity index (χ4v) is 6.66. The Morgan fingerprint density at radius 2 is 1.90 bits per heavy atom. The van der Waals surface area contributed by atoms with E-state index in [4.69, 9.17) is 31.0 Å². The molecular formula is C30H34ClF2N7O2. The first-order chi connectivity index (χ1) is 20.3. The lowest BCUT2D eigenvalue weighted by atomic mass is 9.90. The van der Waals surface area contributed by atoms with Crippen molar-refractivity contribution >= 4 is 39.2 Å². The van der Waals surface area contributed by atoms with Crippen LogP contribution in [0.4, 0.5) is 14.6 Å². The van der Waals surface area contributed by atoms with E-state index in [2.05, 4.69) is 32.4 Å². The van der Waals surface area contributed by atoms with Crippen LogP contribution in [0.15, 0.2) is 24.4 Å². The van der Waals surface area contributed by atoms with Gasteiger partial charge in [0.2, 0.25) is 0 Å². The number of hydrogen-bond acceptors (Lipinski definition) is 8. The molecular weight excluding hydrogens is 564 g/mol. The summed E-state index contributed by atoms with van der Waals surface area (Å²) < 4.78 is 40.7. The normalized spacial score (nSPS) is 21.3. The summed E-state index contributed by atoms with van der Waals surface area (Å²) >= 11 is 7.12. The third kappa shape index (κ3) is 5.01. The van der Waals surface area contributed by atoms with Crippen LogP contribution in [-0.2, 0) is 0 Å². The molecule has 12 heteroatoms. The topological polar surface area (TPSA) is 91.4 Å². The van der Waals surface area contributed by atoms with Gasteiger partial charge in [-0.1, -0.05) is 17.7 Å². The number of nitrogens with one attached hydrogen (secondary N) is 2. The minimum absolute atomic E-state index is 0.242. The summed E-state index contributed by atoms with van der Waals surface area (Å²) in [7, 11) is 2.10. The molecule has 2 saturated heterocycles. The number of aryl methyl sites for hydroxylation is 1. The van der Waals surface area contributed by atoms with Crippen LogP contribution >= 0.6 is 11.6 Å². The molecule has 0 amide bonds. The van der Waals surface area contributed by atoms with Gasteiger partial charge in [-0.05, 0) is 51.1 Å². The third-order valence-corrected chi connectivity index (χ3v) is 9.07. The van der Waals surface area contributed by atoms with Crippen LogP contribution in [-0.4, -0.2) is 89.5 Å². The van der Waals surface area contributed by atoms with Crippen molar-refractivity contribution in [3.63, 3.8) is 0 Å². The van der Waals surface area contributed by atoms with E-state index >= 15 is 0 Å². The monoisotopic (exact) mass is 597 g/mol. The maximum Gasteiger partial charge on any atom is 0.319 e. The molecule has 3 fully saturated rings. The van der Waals surface area contributed by atoms with Gasteiger partial charge < -0.3 is 24.6 Å². The van der Waals surface area contributed by atoms with Crippen LogP contribution in [0.3, 0.4) is 0 Å². The van der Waals surface area contributed by atoms with Gasteiger partial charge in [0.05, 0.1) is 16.7 Å². The van der Waals surface area contributed by atoms with Gasteiger partial charge in [0.1, 0.15) is 24.0 Å². The average Bonchev–Trinajstić information content (AvgIpc) is 3.60. The van der Waals surface area contributed by atoms with Gasteiger partial charge in [0.15, 0.2) is 5.75 Å². The Bertz CT molecular complexity index is 1630. The zero-order valence-corrected chi connectivity index (χ0v) is 24.5. The number of nitrogens with zero attached hydrogens (tertiary/aromatic N) is 5. The van der Waals surface area contributed by atoms with Crippen molar-refractivity contribution in [3.05, 3.63) is 35.0 Å². The molecule has 9 nitrogen and oxygen atoms in total. The number of hydrogen-bond donors (Lipinski definition) is 2. The first kappa shape index (κ1) is 27.5. The van der Waals surface area contributed by atoms with Crippen molar-refractivity contribution in [2.75, 3.05) is 51.3 Å². The summed E-state index contributed by atoms with van der Waals surface area (Å²) in [6, 6.07) is 6.34. The minimum Gasteiger partial charge on any atom is -0.487 e. The molecule has 222 valence electrons. The van der Waals surface area contributed by atoms with E-state index < -0.39 is 12.0 Å². The van der Waals surface area contributed by atoms with Crippen LogP contribution in [0.1, 0.15) is 31.2 Å². The van der Waals surface area contributed by atoms with Crippen molar-refractivity contribution in [1.29, 1.82) is 0 Å². The van der Waals surface area contributed by atoms with Crippen LogP contribution in [0.2, 0.25) is 5.02 Å². The molecule has 2 aromatic heterocycles. The molecule has 7 rings (SSSR count). The summed E-state index contributed by atoms with van der Waals surface area (Å²) in [4.78, 5) is 14.3. The SMILES string of the molecule is Cc1ccc2[nH]ncc2c1-c1c(Cl)cc2c(N3CCNCC3)nc(OCC3CCCN3C)nc2c1OC1CC(F)(F)C1. The van der Waals surface area contributed by atoms with Crippen molar-refractivity contribution in [2.45, 2.75) is 50.7 Å². The fourth-order valence-electron chi connectivity index (χ4n) is 6.37. The highest BCUT2D eigenvalue weighted by Gasteiger charge is 2.47. The molecule has 4 heterocycles. The Balaban J connectivity index is 1.43. The van der Waals surface area contributed by atoms with E-state index in [1.807, 2.05) is 25.1 Å². The molecule has 1 saturated carbocycles. The Labute approximate surface area is 247 Å². The Morgan fingerprint density at radius 1 is 1.10 bits per heavy atom. The standard InChI is InChI=1S/C30H34ClF2N7O2/c1-17-5-6-23-21(15-35-38-23)24(17)25-22(31)12-20-26(27(25)42-19-13-30(32,33)14-19)36-29(41-16-18-4-3-9-39(18)2)37-28(20)40-10-7-34-8-11-40/h5-6,12,15,18-19,34H,3-4,7-11,13-14,16H2,1-2H3,(H,35,38). The number of aromatic nitrogens is 4. The van der Waals surface area contributed by atoms with Gasteiger partial charge in [-0.3, -0.25) is 5.10 Å².